The average molecular weight is 274 g/mol. The minimum Gasteiger partial charge on any atom is -0.326 e. The van der Waals surface area contributed by atoms with Gasteiger partial charge in [-0.2, -0.15) is 0 Å². The Labute approximate surface area is 112 Å². The van der Waals surface area contributed by atoms with Gasteiger partial charge in [0.25, 0.3) is 0 Å². The van der Waals surface area contributed by atoms with Gasteiger partial charge in [-0.05, 0) is 24.6 Å². The molecule has 2 rings (SSSR count). The molecule has 1 aliphatic heterocycles. The Morgan fingerprint density at radius 3 is 2.94 bits per heavy atom. The molecule has 0 aromatic heterocycles. The van der Waals surface area contributed by atoms with Crippen molar-refractivity contribution >= 4 is 24.0 Å². The molecule has 1 aromatic rings. The largest absolute Gasteiger partial charge is 0.326 e. The number of nitrogens with zero attached hydrogens (tertiary/aromatic N) is 1. The Hall–Kier alpha value is -1.17. The lowest BCUT2D eigenvalue weighted by molar-refractivity contribution is -0.117. The lowest BCUT2D eigenvalue weighted by atomic mass is 10.3. The second-order valence-corrected chi connectivity index (χ2v) is 4.34. The molecule has 0 aliphatic carbocycles. The van der Waals surface area contributed by atoms with Gasteiger partial charge in [-0.15, -0.1) is 12.4 Å². The van der Waals surface area contributed by atoms with Crippen molar-refractivity contribution in [3.8, 4) is 0 Å². The Bertz CT molecular complexity index is 416. The van der Waals surface area contributed by atoms with Crippen LogP contribution in [-0.2, 0) is 4.79 Å². The number of anilines is 1. The summed E-state index contributed by atoms with van der Waals surface area (Å²) in [7, 11) is 0. The van der Waals surface area contributed by atoms with Gasteiger partial charge in [0, 0.05) is 24.8 Å². The lowest BCUT2D eigenvalue weighted by Crippen LogP contribution is -2.33. The Kier molecular flexibility index (Phi) is 5.53. The fourth-order valence-electron chi connectivity index (χ4n) is 1.98. The van der Waals surface area contributed by atoms with Crippen LogP contribution in [0.5, 0.6) is 0 Å². The van der Waals surface area contributed by atoms with Crippen molar-refractivity contribution in [2.24, 2.45) is 5.73 Å². The molecule has 1 atom stereocenters. The van der Waals surface area contributed by atoms with Crippen LogP contribution in [0, 0.1) is 5.82 Å². The molecular formula is C12H17ClFN3O. The predicted octanol–water partition coefficient (Wildman–Crippen LogP) is 1.22. The van der Waals surface area contributed by atoms with Crippen LogP contribution in [0.2, 0.25) is 0 Å². The highest BCUT2D eigenvalue weighted by atomic mass is 35.5. The number of likely N-dealkylation sites (tertiary alicyclic amines) is 1. The minimum absolute atomic E-state index is 0. The second kappa shape index (κ2) is 6.68. The number of hydrogen-bond donors (Lipinski definition) is 2. The van der Waals surface area contributed by atoms with Crippen molar-refractivity contribution < 1.29 is 9.18 Å². The third kappa shape index (κ3) is 4.25. The molecule has 100 valence electrons. The normalized spacial score (nSPS) is 19.3. The quantitative estimate of drug-likeness (QED) is 0.871. The first-order chi connectivity index (χ1) is 8.13. The second-order valence-electron chi connectivity index (χ2n) is 4.34. The van der Waals surface area contributed by atoms with E-state index in [1.165, 1.54) is 12.1 Å². The topological polar surface area (TPSA) is 58.4 Å². The molecule has 18 heavy (non-hydrogen) atoms. The summed E-state index contributed by atoms with van der Waals surface area (Å²) in [6, 6.07) is 6.04. The Morgan fingerprint density at radius 2 is 2.33 bits per heavy atom. The molecule has 6 heteroatoms. The monoisotopic (exact) mass is 273 g/mol. The van der Waals surface area contributed by atoms with Gasteiger partial charge in [0.2, 0.25) is 5.91 Å². The molecule has 0 radical (unpaired) electrons. The Morgan fingerprint density at radius 1 is 1.56 bits per heavy atom. The van der Waals surface area contributed by atoms with E-state index in [4.69, 9.17) is 5.73 Å². The summed E-state index contributed by atoms with van der Waals surface area (Å²) in [6.07, 6.45) is 0.924. The molecule has 1 fully saturated rings. The van der Waals surface area contributed by atoms with Crippen molar-refractivity contribution in [2.45, 2.75) is 12.5 Å². The van der Waals surface area contributed by atoms with Crippen molar-refractivity contribution in [3.05, 3.63) is 30.1 Å². The molecule has 0 saturated carbocycles. The van der Waals surface area contributed by atoms with Gasteiger partial charge in [-0.25, -0.2) is 4.39 Å². The summed E-state index contributed by atoms with van der Waals surface area (Å²) in [5.41, 5.74) is 6.24. The number of halogens is 2. The number of benzene rings is 1. The van der Waals surface area contributed by atoms with Gasteiger partial charge in [-0.1, -0.05) is 6.07 Å². The number of rotatable bonds is 3. The van der Waals surface area contributed by atoms with Gasteiger partial charge >= 0.3 is 0 Å². The lowest BCUT2D eigenvalue weighted by Gasteiger charge is -2.14. The van der Waals surface area contributed by atoms with Gasteiger partial charge in [0.1, 0.15) is 5.82 Å². The van der Waals surface area contributed by atoms with E-state index < -0.39 is 0 Å². The van der Waals surface area contributed by atoms with Crippen LogP contribution in [0.1, 0.15) is 6.42 Å². The number of hydrogen-bond acceptors (Lipinski definition) is 3. The molecular weight excluding hydrogens is 257 g/mol. The molecule has 1 aromatic carbocycles. The van der Waals surface area contributed by atoms with E-state index in [-0.39, 0.29) is 30.2 Å². The van der Waals surface area contributed by atoms with E-state index in [1.807, 2.05) is 4.90 Å². The highest BCUT2D eigenvalue weighted by molar-refractivity contribution is 5.92. The smallest absolute Gasteiger partial charge is 0.238 e. The summed E-state index contributed by atoms with van der Waals surface area (Å²) in [4.78, 5) is 13.7. The molecule has 1 heterocycles. The molecule has 0 bridgehead atoms. The van der Waals surface area contributed by atoms with E-state index in [9.17, 15) is 9.18 Å². The maximum absolute atomic E-state index is 12.9. The standard InChI is InChI=1S/C12H16FN3O.ClH/c13-9-2-1-3-11(6-9)15-12(17)8-16-5-4-10(14)7-16;/h1-3,6,10H,4-5,7-8,14H2,(H,15,17);1H/t10-;/m0./s1. The number of nitrogens with one attached hydrogen (secondary N) is 1. The summed E-state index contributed by atoms with van der Waals surface area (Å²) in [5, 5.41) is 2.66. The predicted molar refractivity (Wildman–Crippen MR) is 71.3 cm³/mol. The Balaban J connectivity index is 0.00000162. The van der Waals surface area contributed by atoms with Crippen LogP contribution < -0.4 is 11.1 Å². The molecule has 3 N–H and O–H groups in total. The highest BCUT2D eigenvalue weighted by Gasteiger charge is 2.20. The van der Waals surface area contributed by atoms with Crippen LogP contribution >= 0.6 is 12.4 Å². The van der Waals surface area contributed by atoms with Crippen LogP contribution in [0.15, 0.2) is 24.3 Å². The SMILES string of the molecule is Cl.N[C@H]1CCN(CC(=O)Nc2cccc(F)c2)C1. The number of nitrogens with two attached hydrogens (primary N) is 1. The van der Waals surface area contributed by atoms with E-state index in [0.717, 1.165) is 19.5 Å². The van der Waals surface area contributed by atoms with E-state index in [2.05, 4.69) is 5.32 Å². The zero-order valence-corrected chi connectivity index (χ0v) is 10.8. The summed E-state index contributed by atoms with van der Waals surface area (Å²) in [5.74, 6) is -0.490. The van der Waals surface area contributed by atoms with Crippen molar-refractivity contribution in [3.63, 3.8) is 0 Å². The maximum atomic E-state index is 12.9. The van der Waals surface area contributed by atoms with Crippen molar-refractivity contribution in [2.75, 3.05) is 25.0 Å². The molecule has 0 unspecified atom stereocenters. The first kappa shape index (κ1) is 14.9. The zero-order valence-electron chi connectivity index (χ0n) is 9.93. The number of carbonyl (C=O) groups excluding carboxylic acids is 1. The molecule has 4 nitrogen and oxygen atoms in total. The van der Waals surface area contributed by atoms with Gasteiger partial charge in [0.15, 0.2) is 0 Å². The van der Waals surface area contributed by atoms with Gasteiger partial charge < -0.3 is 11.1 Å². The summed E-state index contributed by atoms with van der Waals surface area (Å²) < 4.78 is 12.9. The van der Waals surface area contributed by atoms with Crippen LogP contribution in [0.4, 0.5) is 10.1 Å². The molecule has 1 saturated heterocycles. The third-order valence-corrected chi connectivity index (χ3v) is 2.78. The fraction of sp³-hybridized carbons (Fsp3) is 0.417. The maximum Gasteiger partial charge on any atom is 0.238 e. The van der Waals surface area contributed by atoms with E-state index in [0.29, 0.717) is 12.2 Å². The first-order valence-corrected chi connectivity index (χ1v) is 5.67. The van der Waals surface area contributed by atoms with Crippen LogP contribution in [0.25, 0.3) is 0 Å². The van der Waals surface area contributed by atoms with Gasteiger partial charge in [-0.3, -0.25) is 9.69 Å². The summed E-state index contributed by atoms with van der Waals surface area (Å²) >= 11 is 0. The van der Waals surface area contributed by atoms with Gasteiger partial charge in [0.05, 0.1) is 6.54 Å². The van der Waals surface area contributed by atoms with Crippen molar-refractivity contribution in [1.82, 2.24) is 4.90 Å². The fourth-order valence-corrected chi connectivity index (χ4v) is 1.98. The molecule has 1 amide bonds. The first-order valence-electron chi connectivity index (χ1n) is 5.67. The van der Waals surface area contributed by atoms with Crippen LogP contribution in [0.3, 0.4) is 0 Å². The zero-order chi connectivity index (χ0) is 12.3. The van der Waals surface area contributed by atoms with Crippen LogP contribution in [-0.4, -0.2) is 36.5 Å². The number of amides is 1. The van der Waals surface area contributed by atoms with E-state index in [1.54, 1.807) is 12.1 Å². The molecule has 0 spiro atoms. The number of carbonyl (C=O) groups is 1. The average Bonchev–Trinajstić information content (AvgIpc) is 2.63. The third-order valence-electron chi connectivity index (χ3n) is 2.78. The van der Waals surface area contributed by atoms with Crippen molar-refractivity contribution in [1.29, 1.82) is 0 Å². The molecule has 1 aliphatic rings. The van der Waals surface area contributed by atoms with E-state index >= 15 is 0 Å². The summed E-state index contributed by atoms with van der Waals surface area (Å²) in [6.45, 7) is 1.90. The highest BCUT2D eigenvalue weighted by Crippen LogP contribution is 2.10. The minimum atomic E-state index is -0.356.